The number of carbonyl (C=O) groups is 4. The topological polar surface area (TPSA) is 125 Å². The van der Waals surface area contributed by atoms with Crippen LogP contribution in [0.5, 0.6) is 0 Å². The maximum atomic E-state index is 12.9. The van der Waals surface area contributed by atoms with Gasteiger partial charge in [-0.25, -0.2) is 0 Å². The average Bonchev–Trinajstić information content (AvgIpc) is 3.14. The summed E-state index contributed by atoms with van der Waals surface area (Å²) in [6, 6.07) is -2.29. The summed E-state index contributed by atoms with van der Waals surface area (Å²) < 4.78 is 40.6. The van der Waals surface area contributed by atoms with E-state index in [1.807, 2.05) is 0 Å². The zero-order chi connectivity index (χ0) is 22.1. The predicted molar refractivity (Wildman–Crippen MR) is 93.5 cm³/mol. The zero-order valence-corrected chi connectivity index (χ0v) is 16.2. The first kappa shape index (κ1) is 22.5. The van der Waals surface area contributed by atoms with Gasteiger partial charge in [-0.05, 0) is 37.5 Å². The van der Waals surface area contributed by atoms with E-state index in [2.05, 4.69) is 15.4 Å². The molecule has 0 aromatic heterocycles. The van der Waals surface area contributed by atoms with E-state index in [0.29, 0.717) is 25.9 Å². The number of likely N-dealkylation sites (tertiary alicyclic amines) is 1. The molecule has 9 nitrogen and oxygen atoms in total. The van der Waals surface area contributed by atoms with Crippen LogP contribution in [0.4, 0.5) is 13.2 Å². The zero-order valence-electron chi connectivity index (χ0n) is 16.2. The monoisotopic (exact) mass is 435 g/mol. The molecule has 2 aliphatic heterocycles. The van der Waals surface area contributed by atoms with Crippen molar-refractivity contribution >= 4 is 23.5 Å². The second kappa shape index (κ2) is 8.50. The van der Waals surface area contributed by atoms with Gasteiger partial charge in [-0.2, -0.15) is 0 Å². The minimum Gasteiger partial charge on any atom is -0.387 e. The molecule has 1 saturated carbocycles. The number of halogens is 3. The molecule has 12 heteroatoms. The van der Waals surface area contributed by atoms with Crippen LogP contribution in [0.2, 0.25) is 0 Å². The largest absolute Gasteiger partial charge is 0.522 e. The molecule has 0 aromatic carbocycles. The number of nitrogens with one attached hydrogen (secondary N) is 2. The predicted octanol–water partition coefficient (Wildman–Crippen LogP) is -0.524. The van der Waals surface area contributed by atoms with Crippen molar-refractivity contribution in [3.05, 3.63) is 0 Å². The first-order valence-electron chi connectivity index (χ1n) is 9.75. The summed E-state index contributed by atoms with van der Waals surface area (Å²) in [7, 11) is 0. The highest BCUT2D eigenvalue weighted by Crippen LogP contribution is 2.54. The number of amides is 3. The van der Waals surface area contributed by atoms with Crippen LogP contribution in [0.25, 0.3) is 0 Å². The Labute approximate surface area is 170 Å². The van der Waals surface area contributed by atoms with Crippen LogP contribution in [0.15, 0.2) is 0 Å². The molecule has 2 saturated heterocycles. The first-order valence-corrected chi connectivity index (χ1v) is 9.75. The second-order valence-electron chi connectivity index (χ2n) is 8.17. The Balaban J connectivity index is 1.70. The number of ketones is 1. The van der Waals surface area contributed by atoms with Gasteiger partial charge >= 0.3 is 6.36 Å². The van der Waals surface area contributed by atoms with Crippen LogP contribution in [0.3, 0.4) is 0 Å². The first-order chi connectivity index (χ1) is 14.0. The molecule has 0 aromatic rings. The van der Waals surface area contributed by atoms with Gasteiger partial charge < -0.3 is 20.6 Å². The summed E-state index contributed by atoms with van der Waals surface area (Å²) >= 11 is 0. The molecule has 3 unspecified atom stereocenters. The molecule has 0 radical (unpaired) electrons. The quantitative estimate of drug-likeness (QED) is 0.471. The molecule has 1 aliphatic carbocycles. The van der Waals surface area contributed by atoms with Crippen molar-refractivity contribution in [1.29, 1.82) is 0 Å². The van der Waals surface area contributed by atoms with Crippen molar-refractivity contribution in [2.45, 2.75) is 50.6 Å². The smallest absolute Gasteiger partial charge is 0.387 e. The van der Waals surface area contributed by atoms with Gasteiger partial charge in [0.1, 0.15) is 19.3 Å². The molecule has 0 bridgehead atoms. The molecule has 3 aliphatic rings. The highest BCUT2D eigenvalue weighted by molar-refractivity contribution is 5.94. The van der Waals surface area contributed by atoms with Crippen molar-refractivity contribution < 1.29 is 42.2 Å². The number of rotatable bonds is 8. The van der Waals surface area contributed by atoms with Crippen LogP contribution >= 0.6 is 0 Å². The van der Waals surface area contributed by atoms with Gasteiger partial charge in [0.2, 0.25) is 17.7 Å². The molecular weight excluding hydrogens is 411 g/mol. The van der Waals surface area contributed by atoms with Crippen LogP contribution in [-0.4, -0.2) is 78.3 Å². The molecule has 3 N–H and O–H groups in total. The standard InChI is InChI=1S/C18H24F3N3O6/c19-18(20,21)30-8-13(26)11(5-10-1-4-22-15(10)28)23-16(29)12-6-17(2-3-17)9-24(12)14(27)7-25/h10-12,25H,1-9H2,(H,22,28)(H,23,29). The fourth-order valence-corrected chi connectivity index (χ4v) is 4.13. The summed E-state index contributed by atoms with van der Waals surface area (Å²) in [5.41, 5.74) is -0.183. The number of nitrogens with zero attached hydrogens (tertiary/aromatic N) is 1. The Morgan fingerprint density at radius 2 is 2.03 bits per heavy atom. The Morgan fingerprint density at radius 3 is 2.57 bits per heavy atom. The van der Waals surface area contributed by atoms with Gasteiger partial charge in [0.25, 0.3) is 0 Å². The maximum absolute atomic E-state index is 12.9. The third kappa shape index (κ3) is 5.28. The van der Waals surface area contributed by atoms with Gasteiger partial charge in [0.15, 0.2) is 5.78 Å². The lowest BCUT2D eigenvalue weighted by Crippen LogP contribution is -2.52. The van der Waals surface area contributed by atoms with E-state index >= 15 is 0 Å². The Kier molecular flexibility index (Phi) is 6.37. The van der Waals surface area contributed by atoms with E-state index in [1.54, 1.807) is 0 Å². The molecule has 3 atom stereocenters. The molecular formula is C18H24F3N3O6. The van der Waals surface area contributed by atoms with E-state index in [-0.39, 0.29) is 17.7 Å². The Bertz CT molecular complexity index is 724. The minimum absolute atomic E-state index is 0.163. The third-order valence-corrected chi connectivity index (χ3v) is 5.99. The van der Waals surface area contributed by atoms with Crippen molar-refractivity contribution in [2.75, 3.05) is 26.3 Å². The Hall–Kier alpha value is -2.21. The normalized spacial score (nSPS) is 25.9. The third-order valence-electron chi connectivity index (χ3n) is 5.99. The fraction of sp³-hybridized carbons (Fsp3) is 0.778. The number of aliphatic hydroxyl groups is 1. The van der Waals surface area contributed by atoms with E-state index in [4.69, 9.17) is 0 Å². The lowest BCUT2D eigenvalue weighted by Gasteiger charge is -2.26. The number of aliphatic hydroxyl groups excluding tert-OH is 1. The fourth-order valence-electron chi connectivity index (χ4n) is 4.13. The number of hydrogen-bond donors (Lipinski definition) is 3. The van der Waals surface area contributed by atoms with Gasteiger partial charge in [0.05, 0.1) is 6.04 Å². The van der Waals surface area contributed by atoms with E-state index in [1.165, 1.54) is 4.90 Å². The average molecular weight is 435 g/mol. The number of hydrogen-bond acceptors (Lipinski definition) is 6. The molecule has 2 heterocycles. The number of Topliss-reactive ketones (excluding diaryl/α,β-unsaturated/α-hetero) is 1. The second-order valence-corrected chi connectivity index (χ2v) is 8.17. The van der Waals surface area contributed by atoms with Gasteiger partial charge in [-0.3, -0.25) is 23.9 Å². The molecule has 3 amide bonds. The molecule has 3 rings (SSSR count). The number of carbonyl (C=O) groups excluding carboxylic acids is 4. The van der Waals surface area contributed by atoms with Crippen molar-refractivity contribution in [3.8, 4) is 0 Å². The summed E-state index contributed by atoms with van der Waals surface area (Å²) in [6.07, 6.45) is -2.77. The highest BCUT2D eigenvalue weighted by atomic mass is 19.4. The van der Waals surface area contributed by atoms with Crippen molar-refractivity contribution in [2.24, 2.45) is 11.3 Å². The van der Waals surface area contributed by atoms with Gasteiger partial charge in [-0.1, -0.05) is 0 Å². The van der Waals surface area contributed by atoms with E-state index in [9.17, 15) is 37.5 Å². The minimum atomic E-state index is -5.01. The van der Waals surface area contributed by atoms with Crippen molar-refractivity contribution in [3.63, 3.8) is 0 Å². The van der Waals surface area contributed by atoms with Crippen LogP contribution in [-0.2, 0) is 23.9 Å². The molecule has 3 fully saturated rings. The maximum Gasteiger partial charge on any atom is 0.522 e. The van der Waals surface area contributed by atoms with Crippen LogP contribution < -0.4 is 10.6 Å². The SMILES string of the molecule is O=C1NCCC1CC(NC(=O)C1CC2(CC2)CN1C(=O)CO)C(=O)COC(F)(F)F. The van der Waals surface area contributed by atoms with Gasteiger partial charge in [0, 0.05) is 19.0 Å². The highest BCUT2D eigenvalue weighted by Gasteiger charge is 2.55. The van der Waals surface area contributed by atoms with Crippen molar-refractivity contribution in [1.82, 2.24) is 15.5 Å². The number of ether oxygens (including phenoxy) is 1. The Morgan fingerprint density at radius 1 is 1.33 bits per heavy atom. The number of alkyl halides is 3. The molecule has 168 valence electrons. The summed E-state index contributed by atoms with van der Waals surface area (Å²) in [5.74, 6) is -3.30. The summed E-state index contributed by atoms with van der Waals surface area (Å²) in [4.78, 5) is 50.3. The van der Waals surface area contributed by atoms with E-state index < -0.39 is 55.2 Å². The lowest BCUT2D eigenvalue weighted by atomic mass is 9.95. The van der Waals surface area contributed by atoms with E-state index in [0.717, 1.165) is 12.8 Å². The lowest BCUT2D eigenvalue weighted by molar-refractivity contribution is -0.321. The van der Waals surface area contributed by atoms with Gasteiger partial charge in [-0.15, -0.1) is 13.2 Å². The molecule has 30 heavy (non-hydrogen) atoms. The molecule has 1 spiro atoms. The summed E-state index contributed by atoms with van der Waals surface area (Å²) in [6.45, 7) is -1.38. The van der Waals surface area contributed by atoms with Crippen LogP contribution in [0, 0.1) is 11.3 Å². The summed E-state index contributed by atoms with van der Waals surface area (Å²) in [5, 5.41) is 14.2. The van der Waals surface area contributed by atoms with Crippen LogP contribution in [0.1, 0.15) is 32.1 Å².